The van der Waals surface area contributed by atoms with Crippen LogP contribution in [0.3, 0.4) is 0 Å². The van der Waals surface area contributed by atoms with Gasteiger partial charge in [0.1, 0.15) is 0 Å². The van der Waals surface area contributed by atoms with Crippen LogP contribution in [0, 0.1) is 17.3 Å². The van der Waals surface area contributed by atoms with Crippen molar-refractivity contribution in [1.29, 1.82) is 0 Å². The van der Waals surface area contributed by atoms with E-state index in [0.717, 1.165) is 43.2 Å². The highest BCUT2D eigenvalue weighted by molar-refractivity contribution is 5.70. The summed E-state index contributed by atoms with van der Waals surface area (Å²) >= 11 is 0. The Bertz CT molecular complexity index is 782. The summed E-state index contributed by atoms with van der Waals surface area (Å²) in [6.07, 6.45) is 10.5. The molecule has 32 heavy (non-hydrogen) atoms. The van der Waals surface area contributed by atoms with Crippen molar-refractivity contribution in [3.05, 3.63) is 41.0 Å². The van der Waals surface area contributed by atoms with Gasteiger partial charge in [0.25, 0.3) is 0 Å². The molecule has 180 valence electrons. The third-order valence-electron chi connectivity index (χ3n) is 8.76. The van der Waals surface area contributed by atoms with Gasteiger partial charge < -0.3 is 20.1 Å². The standard InChI is InChI=1S/C28H44O4/c1-5-28(31,6-2)15-8-16-32-20(3)25-12-13-26-24(9-7-14-27(25,26)4)21-10-11-22(18-29)23(17-21)19-30/h9-11,17,20,25-26,29-31H,5-8,12-16,18-19H2,1-4H3/t20-,25-,26+,27-/m1/s1. The van der Waals surface area contributed by atoms with Gasteiger partial charge in [0.05, 0.1) is 24.9 Å². The Kier molecular flexibility index (Phi) is 8.59. The number of aliphatic hydroxyl groups is 3. The maximum absolute atomic E-state index is 10.5. The predicted octanol–water partition coefficient (Wildman–Crippen LogP) is 5.62. The van der Waals surface area contributed by atoms with Crippen LogP contribution in [0.4, 0.5) is 0 Å². The first-order valence-electron chi connectivity index (χ1n) is 12.7. The lowest BCUT2D eigenvalue weighted by atomic mass is 9.63. The van der Waals surface area contributed by atoms with Crippen molar-refractivity contribution in [2.45, 2.75) is 104 Å². The fourth-order valence-corrected chi connectivity index (χ4v) is 6.40. The zero-order valence-electron chi connectivity index (χ0n) is 20.6. The molecular formula is C28H44O4. The maximum atomic E-state index is 10.5. The molecule has 0 amide bonds. The zero-order valence-corrected chi connectivity index (χ0v) is 20.6. The molecule has 0 spiro atoms. The Morgan fingerprint density at radius 3 is 2.50 bits per heavy atom. The molecule has 4 heteroatoms. The van der Waals surface area contributed by atoms with Crippen LogP contribution in [0.2, 0.25) is 0 Å². The summed E-state index contributed by atoms with van der Waals surface area (Å²) in [4.78, 5) is 0. The van der Waals surface area contributed by atoms with Crippen LogP contribution < -0.4 is 0 Å². The molecule has 1 fully saturated rings. The van der Waals surface area contributed by atoms with Gasteiger partial charge in [-0.1, -0.05) is 39.0 Å². The Labute approximate surface area is 194 Å². The fourth-order valence-electron chi connectivity index (χ4n) is 6.40. The SMILES string of the molecule is CCC(O)(CC)CCCO[C@H](C)[C@H]1CC[C@H]2C(c3ccc(CO)c(CO)c3)=CCC[C@]12C. The maximum Gasteiger partial charge on any atom is 0.0685 e. The van der Waals surface area contributed by atoms with E-state index in [1.165, 1.54) is 30.4 Å². The summed E-state index contributed by atoms with van der Waals surface area (Å²) in [7, 11) is 0. The molecule has 2 aliphatic rings. The van der Waals surface area contributed by atoms with Gasteiger partial charge in [-0.15, -0.1) is 0 Å². The first-order chi connectivity index (χ1) is 15.3. The van der Waals surface area contributed by atoms with E-state index in [4.69, 9.17) is 4.74 Å². The predicted molar refractivity (Wildman–Crippen MR) is 130 cm³/mol. The average molecular weight is 445 g/mol. The van der Waals surface area contributed by atoms with E-state index in [-0.39, 0.29) is 24.7 Å². The molecule has 0 aliphatic heterocycles. The molecule has 0 saturated heterocycles. The van der Waals surface area contributed by atoms with Gasteiger partial charge in [0.2, 0.25) is 0 Å². The minimum atomic E-state index is -0.543. The quantitative estimate of drug-likeness (QED) is 0.388. The summed E-state index contributed by atoms with van der Waals surface area (Å²) < 4.78 is 6.34. The first-order valence-corrected chi connectivity index (χ1v) is 12.7. The monoisotopic (exact) mass is 444 g/mol. The molecular weight excluding hydrogens is 400 g/mol. The Morgan fingerprint density at radius 1 is 1.12 bits per heavy atom. The highest BCUT2D eigenvalue weighted by Gasteiger charge is 2.51. The van der Waals surface area contributed by atoms with Crippen LogP contribution in [-0.2, 0) is 18.0 Å². The third kappa shape index (κ3) is 5.14. The third-order valence-corrected chi connectivity index (χ3v) is 8.76. The minimum absolute atomic E-state index is 0.0405. The smallest absolute Gasteiger partial charge is 0.0685 e. The van der Waals surface area contributed by atoms with E-state index in [2.05, 4.69) is 45.9 Å². The fraction of sp³-hybridized carbons (Fsp3) is 0.714. The van der Waals surface area contributed by atoms with Crippen molar-refractivity contribution in [3.8, 4) is 0 Å². The molecule has 4 atom stereocenters. The summed E-state index contributed by atoms with van der Waals surface area (Å²) in [6, 6.07) is 6.14. The molecule has 3 rings (SSSR count). The molecule has 1 aromatic rings. The van der Waals surface area contributed by atoms with Crippen molar-refractivity contribution < 1.29 is 20.1 Å². The molecule has 1 aromatic carbocycles. The van der Waals surface area contributed by atoms with Crippen molar-refractivity contribution >= 4 is 5.57 Å². The molecule has 0 bridgehead atoms. The molecule has 0 aromatic heterocycles. The topological polar surface area (TPSA) is 69.9 Å². The second-order valence-electron chi connectivity index (χ2n) is 10.4. The molecule has 4 nitrogen and oxygen atoms in total. The highest BCUT2D eigenvalue weighted by atomic mass is 16.5. The van der Waals surface area contributed by atoms with Gasteiger partial charge in [0, 0.05) is 6.61 Å². The average Bonchev–Trinajstić information content (AvgIpc) is 3.18. The second kappa shape index (κ2) is 10.8. The summed E-state index contributed by atoms with van der Waals surface area (Å²) in [5.41, 5.74) is 3.90. The Balaban J connectivity index is 1.67. The number of allylic oxidation sites excluding steroid dienone is 2. The number of aliphatic hydroxyl groups excluding tert-OH is 2. The van der Waals surface area contributed by atoms with Crippen molar-refractivity contribution in [3.63, 3.8) is 0 Å². The lowest BCUT2D eigenvalue weighted by Crippen LogP contribution is -2.38. The largest absolute Gasteiger partial charge is 0.392 e. The zero-order chi connectivity index (χ0) is 23.4. The van der Waals surface area contributed by atoms with Crippen LogP contribution >= 0.6 is 0 Å². The van der Waals surface area contributed by atoms with Crippen LogP contribution in [0.15, 0.2) is 24.3 Å². The Morgan fingerprint density at radius 2 is 1.84 bits per heavy atom. The van der Waals surface area contributed by atoms with Gasteiger partial charge in [-0.25, -0.2) is 0 Å². The number of fused-ring (bicyclic) bond motifs is 1. The molecule has 2 aliphatic carbocycles. The van der Waals surface area contributed by atoms with E-state index >= 15 is 0 Å². The van der Waals surface area contributed by atoms with Crippen LogP contribution in [0.25, 0.3) is 5.57 Å². The number of hydrogen-bond donors (Lipinski definition) is 3. The lowest BCUT2D eigenvalue weighted by molar-refractivity contribution is -0.0329. The van der Waals surface area contributed by atoms with Crippen molar-refractivity contribution in [1.82, 2.24) is 0 Å². The van der Waals surface area contributed by atoms with Gasteiger partial charge >= 0.3 is 0 Å². The van der Waals surface area contributed by atoms with Gasteiger partial charge in [-0.05, 0) is 104 Å². The van der Waals surface area contributed by atoms with E-state index in [9.17, 15) is 15.3 Å². The normalized spacial score (nSPS) is 26.7. The summed E-state index contributed by atoms with van der Waals surface area (Å²) in [5, 5.41) is 29.8. The van der Waals surface area contributed by atoms with E-state index in [1.54, 1.807) is 0 Å². The molecule has 1 saturated carbocycles. The second-order valence-corrected chi connectivity index (χ2v) is 10.4. The van der Waals surface area contributed by atoms with Crippen LogP contribution in [-0.4, -0.2) is 33.6 Å². The van der Waals surface area contributed by atoms with Crippen molar-refractivity contribution in [2.24, 2.45) is 17.3 Å². The number of ether oxygens (including phenoxy) is 1. The molecule has 3 N–H and O–H groups in total. The summed E-state index contributed by atoms with van der Waals surface area (Å²) in [6.45, 7) is 9.43. The van der Waals surface area contributed by atoms with Crippen molar-refractivity contribution in [2.75, 3.05) is 6.61 Å². The number of benzene rings is 1. The van der Waals surface area contributed by atoms with Gasteiger partial charge in [0.15, 0.2) is 0 Å². The summed E-state index contributed by atoms with van der Waals surface area (Å²) in [5.74, 6) is 1.03. The molecule has 0 heterocycles. The van der Waals surface area contributed by atoms with E-state index in [0.29, 0.717) is 18.4 Å². The number of hydrogen-bond acceptors (Lipinski definition) is 4. The van der Waals surface area contributed by atoms with Crippen LogP contribution in [0.1, 0.15) is 95.8 Å². The first kappa shape index (κ1) is 25.4. The Hall–Kier alpha value is -1.20. The van der Waals surface area contributed by atoms with Gasteiger partial charge in [-0.2, -0.15) is 0 Å². The van der Waals surface area contributed by atoms with Crippen LogP contribution in [0.5, 0.6) is 0 Å². The lowest BCUT2D eigenvalue weighted by Gasteiger charge is -2.43. The molecule has 0 unspecified atom stereocenters. The molecule has 0 radical (unpaired) electrons. The van der Waals surface area contributed by atoms with Gasteiger partial charge in [-0.3, -0.25) is 0 Å². The van der Waals surface area contributed by atoms with E-state index in [1.807, 2.05) is 6.07 Å². The minimum Gasteiger partial charge on any atom is -0.392 e. The van der Waals surface area contributed by atoms with E-state index < -0.39 is 5.60 Å². The highest BCUT2D eigenvalue weighted by Crippen LogP contribution is 2.59. The number of rotatable bonds is 11.